The fourth-order valence-corrected chi connectivity index (χ4v) is 3.14. The lowest BCUT2D eigenvalue weighted by Gasteiger charge is -2.34. The first-order valence-electron chi connectivity index (χ1n) is 8.71. The Labute approximate surface area is 157 Å². The number of halogens is 1. The van der Waals surface area contributed by atoms with E-state index < -0.39 is 0 Å². The lowest BCUT2D eigenvalue weighted by Crippen LogP contribution is -2.46. The topological polar surface area (TPSA) is 70.1 Å². The van der Waals surface area contributed by atoms with Crippen LogP contribution in [0.4, 0.5) is 17.5 Å². The van der Waals surface area contributed by atoms with Gasteiger partial charge in [-0.05, 0) is 30.8 Å². The number of hydrogen-bond donors (Lipinski definition) is 1. The Morgan fingerprint density at radius 1 is 1.00 bits per heavy atom. The maximum absolute atomic E-state index is 5.97. The number of benzene rings is 1. The minimum Gasteiger partial charge on any atom is -0.338 e. The van der Waals surface area contributed by atoms with Gasteiger partial charge in [0.1, 0.15) is 0 Å². The lowest BCUT2D eigenvalue weighted by molar-refractivity contribution is 0.270. The second-order valence-corrected chi connectivity index (χ2v) is 6.59. The molecule has 0 unspecified atom stereocenters. The third-order valence-corrected chi connectivity index (χ3v) is 4.78. The van der Waals surface area contributed by atoms with Gasteiger partial charge in [-0.25, -0.2) is 9.97 Å². The van der Waals surface area contributed by atoms with Crippen molar-refractivity contribution in [2.75, 3.05) is 42.9 Å². The third-order valence-electron chi connectivity index (χ3n) is 4.53. The molecule has 0 amide bonds. The van der Waals surface area contributed by atoms with E-state index in [4.69, 9.17) is 16.6 Å². The summed E-state index contributed by atoms with van der Waals surface area (Å²) in [6, 6.07) is 7.49. The van der Waals surface area contributed by atoms with Crippen molar-refractivity contribution in [3.63, 3.8) is 0 Å². The number of rotatable bonds is 4. The molecule has 4 rings (SSSR count). The maximum Gasteiger partial charge on any atom is 0.229 e. The van der Waals surface area contributed by atoms with Gasteiger partial charge in [-0.3, -0.25) is 0 Å². The van der Waals surface area contributed by atoms with Crippen molar-refractivity contribution in [1.82, 2.24) is 24.8 Å². The number of aromatic nitrogens is 4. The molecule has 7 nitrogen and oxygen atoms in total. The van der Waals surface area contributed by atoms with Crippen molar-refractivity contribution < 1.29 is 0 Å². The highest BCUT2D eigenvalue weighted by Gasteiger charge is 2.20. The van der Waals surface area contributed by atoms with E-state index in [9.17, 15) is 0 Å². The highest BCUT2D eigenvalue weighted by atomic mass is 35.5. The van der Waals surface area contributed by atoms with Crippen LogP contribution in [0.15, 0.2) is 36.7 Å². The molecule has 3 heterocycles. The standard InChI is InChI=1S/C18H20ClN7/c1-2-25-9-11-26(12-10-25)18-23-16-15(20-7-8-21-16)17(24-18)22-14-5-3-13(19)4-6-14/h3-8H,2,9-12H2,1H3,(H,21,22,23,24). The average Bonchev–Trinajstić information content (AvgIpc) is 2.69. The quantitative estimate of drug-likeness (QED) is 0.758. The van der Waals surface area contributed by atoms with Crippen molar-refractivity contribution in [1.29, 1.82) is 0 Å². The molecule has 8 heteroatoms. The minimum absolute atomic E-state index is 0.590. The van der Waals surface area contributed by atoms with E-state index in [2.05, 4.69) is 37.0 Å². The largest absolute Gasteiger partial charge is 0.338 e. The predicted octanol–water partition coefficient (Wildman–Crippen LogP) is 2.96. The molecule has 1 aromatic carbocycles. The Morgan fingerprint density at radius 3 is 2.46 bits per heavy atom. The fraction of sp³-hybridized carbons (Fsp3) is 0.333. The normalized spacial score (nSPS) is 15.4. The molecule has 1 aliphatic heterocycles. The zero-order chi connectivity index (χ0) is 17.9. The van der Waals surface area contributed by atoms with E-state index in [0.717, 1.165) is 38.4 Å². The van der Waals surface area contributed by atoms with Crippen LogP contribution >= 0.6 is 11.6 Å². The molecular formula is C18H20ClN7. The molecular weight excluding hydrogens is 350 g/mol. The summed E-state index contributed by atoms with van der Waals surface area (Å²) < 4.78 is 0. The van der Waals surface area contributed by atoms with Crippen LogP contribution in [-0.2, 0) is 0 Å². The second kappa shape index (κ2) is 7.39. The summed E-state index contributed by atoms with van der Waals surface area (Å²) >= 11 is 5.97. The first-order valence-corrected chi connectivity index (χ1v) is 9.09. The highest BCUT2D eigenvalue weighted by Crippen LogP contribution is 2.25. The summed E-state index contributed by atoms with van der Waals surface area (Å²) in [6.07, 6.45) is 3.30. The number of piperazine rings is 1. The van der Waals surface area contributed by atoms with Gasteiger partial charge in [-0.15, -0.1) is 0 Å². The Kier molecular flexibility index (Phi) is 4.81. The summed E-state index contributed by atoms with van der Waals surface area (Å²) in [4.78, 5) is 22.8. The molecule has 1 N–H and O–H groups in total. The van der Waals surface area contributed by atoms with Crippen LogP contribution in [0.2, 0.25) is 5.02 Å². The van der Waals surface area contributed by atoms with Gasteiger partial charge >= 0.3 is 0 Å². The van der Waals surface area contributed by atoms with Gasteiger partial charge in [0.05, 0.1) is 0 Å². The number of nitrogens with zero attached hydrogens (tertiary/aromatic N) is 6. The summed E-state index contributed by atoms with van der Waals surface area (Å²) in [6.45, 7) is 7.09. The minimum atomic E-state index is 0.590. The van der Waals surface area contributed by atoms with E-state index in [1.165, 1.54) is 0 Å². The fourth-order valence-electron chi connectivity index (χ4n) is 3.01. The molecule has 1 saturated heterocycles. The average molecular weight is 370 g/mol. The van der Waals surface area contributed by atoms with E-state index in [-0.39, 0.29) is 0 Å². The number of likely N-dealkylation sites (N-methyl/N-ethyl adjacent to an activating group) is 1. The van der Waals surface area contributed by atoms with Gasteiger partial charge in [-0.2, -0.15) is 9.97 Å². The van der Waals surface area contributed by atoms with Crippen LogP contribution in [0.25, 0.3) is 11.2 Å². The van der Waals surface area contributed by atoms with E-state index >= 15 is 0 Å². The molecule has 0 bridgehead atoms. The number of hydrogen-bond acceptors (Lipinski definition) is 7. The number of fused-ring (bicyclic) bond motifs is 1. The van der Waals surface area contributed by atoms with Crippen LogP contribution in [0.1, 0.15) is 6.92 Å². The summed E-state index contributed by atoms with van der Waals surface area (Å²) in [5.74, 6) is 1.34. The van der Waals surface area contributed by atoms with Crippen molar-refractivity contribution in [2.45, 2.75) is 6.92 Å². The molecule has 0 radical (unpaired) electrons. The molecule has 26 heavy (non-hydrogen) atoms. The zero-order valence-electron chi connectivity index (χ0n) is 14.6. The van der Waals surface area contributed by atoms with Gasteiger partial charge in [0.25, 0.3) is 0 Å². The maximum atomic E-state index is 5.97. The molecule has 0 spiro atoms. The van der Waals surface area contributed by atoms with Crippen molar-refractivity contribution in [3.8, 4) is 0 Å². The Morgan fingerprint density at radius 2 is 1.73 bits per heavy atom. The Balaban J connectivity index is 1.68. The van der Waals surface area contributed by atoms with Gasteiger partial charge in [0.2, 0.25) is 5.95 Å². The summed E-state index contributed by atoms with van der Waals surface area (Å²) in [5.41, 5.74) is 2.13. The Bertz CT molecular complexity index is 892. The van der Waals surface area contributed by atoms with Crippen molar-refractivity contribution >= 4 is 40.2 Å². The summed E-state index contributed by atoms with van der Waals surface area (Å²) in [7, 11) is 0. The van der Waals surface area contributed by atoms with Gasteiger partial charge in [-0.1, -0.05) is 18.5 Å². The van der Waals surface area contributed by atoms with Crippen LogP contribution in [0.5, 0.6) is 0 Å². The second-order valence-electron chi connectivity index (χ2n) is 6.15. The van der Waals surface area contributed by atoms with Crippen LogP contribution in [0, 0.1) is 0 Å². The van der Waals surface area contributed by atoms with Gasteiger partial charge < -0.3 is 15.1 Å². The first kappa shape index (κ1) is 16.9. The Hall–Kier alpha value is -2.51. The van der Waals surface area contributed by atoms with Gasteiger partial charge in [0.15, 0.2) is 17.0 Å². The smallest absolute Gasteiger partial charge is 0.229 e. The monoisotopic (exact) mass is 369 g/mol. The lowest BCUT2D eigenvalue weighted by atomic mass is 10.3. The van der Waals surface area contributed by atoms with Crippen LogP contribution < -0.4 is 10.2 Å². The number of anilines is 3. The first-order chi connectivity index (χ1) is 12.7. The highest BCUT2D eigenvalue weighted by molar-refractivity contribution is 6.30. The molecule has 0 atom stereocenters. The van der Waals surface area contributed by atoms with Crippen LogP contribution in [0.3, 0.4) is 0 Å². The summed E-state index contributed by atoms with van der Waals surface area (Å²) in [5, 5.41) is 4.02. The van der Waals surface area contributed by atoms with E-state index in [1.807, 2.05) is 24.3 Å². The zero-order valence-corrected chi connectivity index (χ0v) is 15.3. The molecule has 0 saturated carbocycles. The van der Waals surface area contributed by atoms with E-state index in [1.54, 1.807) is 12.4 Å². The number of nitrogens with one attached hydrogen (secondary N) is 1. The van der Waals surface area contributed by atoms with Crippen molar-refractivity contribution in [3.05, 3.63) is 41.7 Å². The molecule has 1 aliphatic rings. The molecule has 0 aliphatic carbocycles. The molecule has 134 valence electrons. The van der Waals surface area contributed by atoms with Crippen LogP contribution in [-0.4, -0.2) is 57.6 Å². The van der Waals surface area contributed by atoms with Gasteiger partial charge in [0, 0.05) is 49.3 Å². The third kappa shape index (κ3) is 3.54. The molecule has 1 fully saturated rings. The predicted molar refractivity (Wildman–Crippen MR) is 104 cm³/mol. The van der Waals surface area contributed by atoms with E-state index in [0.29, 0.717) is 28.0 Å². The SMILES string of the molecule is CCN1CCN(c2nc(Nc3ccc(Cl)cc3)c3nccnc3n2)CC1. The molecule has 2 aromatic heterocycles. The molecule has 3 aromatic rings. The van der Waals surface area contributed by atoms with Crippen molar-refractivity contribution in [2.24, 2.45) is 0 Å².